The summed E-state index contributed by atoms with van der Waals surface area (Å²) >= 11 is 7.43. The number of carbonyl (C=O) groups excluding carboxylic acids is 2. The van der Waals surface area contributed by atoms with Crippen LogP contribution in [-0.2, 0) is 0 Å². The first-order valence-electron chi connectivity index (χ1n) is 8.73. The molecule has 0 aliphatic carbocycles. The number of amides is 3. The van der Waals surface area contributed by atoms with Crippen LogP contribution in [0.2, 0.25) is 5.02 Å². The second-order valence-electron chi connectivity index (χ2n) is 5.89. The second kappa shape index (κ2) is 10.00. The third-order valence-electron chi connectivity index (χ3n) is 3.89. The smallest absolute Gasteiger partial charge is 0.326 e. The van der Waals surface area contributed by atoms with Gasteiger partial charge in [-0.25, -0.2) is 9.78 Å². The number of rotatable bonds is 6. The van der Waals surface area contributed by atoms with Gasteiger partial charge in [0, 0.05) is 9.92 Å². The molecule has 1 heterocycles. The molecular formula is C21H18ClN3O4S. The number of halogens is 1. The Morgan fingerprint density at radius 1 is 1.00 bits per heavy atom. The summed E-state index contributed by atoms with van der Waals surface area (Å²) in [5, 5.41) is 6.21. The molecule has 0 aliphatic heterocycles. The molecule has 9 heteroatoms. The number of benzene rings is 2. The van der Waals surface area contributed by atoms with Crippen LogP contribution < -0.4 is 20.1 Å². The Kier molecular flexibility index (Phi) is 7.16. The maximum atomic E-state index is 12.5. The third kappa shape index (κ3) is 5.43. The molecule has 0 atom stereocenters. The SMILES string of the molecule is COc1cccc(OC)c1C(=O)NC(=O)Nc1ccc(Sc2cccc(Cl)c2)nc1. The van der Waals surface area contributed by atoms with Crippen molar-refractivity contribution >= 4 is 41.0 Å². The average molecular weight is 444 g/mol. The van der Waals surface area contributed by atoms with Gasteiger partial charge in [-0.3, -0.25) is 10.1 Å². The summed E-state index contributed by atoms with van der Waals surface area (Å²) in [6.07, 6.45) is 1.50. The van der Waals surface area contributed by atoms with Crippen molar-refractivity contribution in [3.8, 4) is 11.5 Å². The quantitative estimate of drug-likeness (QED) is 0.565. The first kappa shape index (κ1) is 21.5. The number of methoxy groups -OCH3 is 2. The Labute approximate surface area is 182 Å². The van der Waals surface area contributed by atoms with E-state index < -0.39 is 11.9 Å². The van der Waals surface area contributed by atoms with Crippen LogP contribution in [-0.4, -0.2) is 31.1 Å². The van der Waals surface area contributed by atoms with E-state index in [2.05, 4.69) is 15.6 Å². The molecule has 0 unspecified atom stereocenters. The summed E-state index contributed by atoms with van der Waals surface area (Å²) in [6, 6.07) is 15.1. The molecule has 3 rings (SSSR count). The predicted molar refractivity (Wildman–Crippen MR) is 116 cm³/mol. The maximum Gasteiger partial charge on any atom is 0.326 e. The predicted octanol–water partition coefficient (Wildman–Crippen LogP) is 4.87. The minimum Gasteiger partial charge on any atom is -0.496 e. The van der Waals surface area contributed by atoms with Crippen LogP contribution >= 0.6 is 23.4 Å². The van der Waals surface area contributed by atoms with Gasteiger partial charge in [0.05, 0.1) is 26.1 Å². The second-order valence-corrected chi connectivity index (χ2v) is 7.42. The zero-order valence-electron chi connectivity index (χ0n) is 16.1. The van der Waals surface area contributed by atoms with Crippen molar-refractivity contribution in [2.75, 3.05) is 19.5 Å². The number of imide groups is 1. The lowest BCUT2D eigenvalue weighted by Crippen LogP contribution is -2.34. The van der Waals surface area contributed by atoms with E-state index in [1.807, 2.05) is 18.2 Å². The van der Waals surface area contributed by atoms with Crippen molar-refractivity contribution in [3.63, 3.8) is 0 Å². The van der Waals surface area contributed by atoms with Crippen LogP contribution in [0.25, 0.3) is 0 Å². The van der Waals surface area contributed by atoms with Crippen LogP contribution in [0.15, 0.2) is 70.7 Å². The van der Waals surface area contributed by atoms with E-state index in [-0.39, 0.29) is 5.56 Å². The fourth-order valence-corrected chi connectivity index (χ4v) is 3.64. The highest BCUT2D eigenvalue weighted by Gasteiger charge is 2.20. The summed E-state index contributed by atoms with van der Waals surface area (Å²) in [5.41, 5.74) is 0.562. The Balaban J connectivity index is 1.63. The van der Waals surface area contributed by atoms with Crippen molar-refractivity contribution in [3.05, 3.63) is 71.4 Å². The molecule has 30 heavy (non-hydrogen) atoms. The maximum absolute atomic E-state index is 12.5. The molecule has 7 nitrogen and oxygen atoms in total. The molecule has 0 saturated heterocycles. The molecular weight excluding hydrogens is 426 g/mol. The lowest BCUT2D eigenvalue weighted by molar-refractivity contribution is 0.0961. The molecule has 2 N–H and O–H groups in total. The Bertz CT molecular complexity index is 1040. The van der Waals surface area contributed by atoms with E-state index in [1.165, 1.54) is 32.2 Å². The minimum atomic E-state index is -0.704. The van der Waals surface area contributed by atoms with Crippen molar-refractivity contribution in [1.82, 2.24) is 10.3 Å². The van der Waals surface area contributed by atoms with E-state index in [4.69, 9.17) is 21.1 Å². The molecule has 0 saturated carbocycles. The van der Waals surface area contributed by atoms with Crippen LogP contribution in [0.1, 0.15) is 10.4 Å². The largest absolute Gasteiger partial charge is 0.496 e. The lowest BCUT2D eigenvalue weighted by atomic mass is 10.1. The third-order valence-corrected chi connectivity index (χ3v) is 5.07. The first-order chi connectivity index (χ1) is 14.5. The number of nitrogens with one attached hydrogen (secondary N) is 2. The monoisotopic (exact) mass is 443 g/mol. The van der Waals surface area contributed by atoms with Crippen molar-refractivity contribution in [2.24, 2.45) is 0 Å². The fourth-order valence-electron chi connectivity index (χ4n) is 2.57. The number of anilines is 1. The standard InChI is InChI=1S/C21H18ClN3O4S/c1-28-16-7-4-8-17(29-2)19(16)20(26)25-21(27)24-14-9-10-18(23-12-14)30-15-6-3-5-13(22)11-15/h3-12H,1-2H3,(H2,24,25,26,27). The van der Waals surface area contributed by atoms with Crippen LogP contribution in [0.4, 0.5) is 10.5 Å². The number of hydrogen-bond acceptors (Lipinski definition) is 6. The van der Waals surface area contributed by atoms with Gasteiger partial charge in [0.1, 0.15) is 22.1 Å². The van der Waals surface area contributed by atoms with Gasteiger partial charge >= 0.3 is 6.03 Å². The molecule has 0 aliphatic rings. The van der Waals surface area contributed by atoms with Crippen LogP contribution in [0, 0.1) is 0 Å². The zero-order chi connectivity index (χ0) is 21.5. The topological polar surface area (TPSA) is 89.5 Å². The molecule has 0 spiro atoms. The number of urea groups is 1. The average Bonchev–Trinajstić information content (AvgIpc) is 2.74. The van der Waals surface area contributed by atoms with Crippen LogP contribution in [0.3, 0.4) is 0 Å². The fraction of sp³-hybridized carbons (Fsp3) is 0.0952. The Hall–Kier alpha value is -3.23. The van der Waals surface area contributed by atoms with E-state index in [0.29, 0.717) is 22.2 Å². The van der Waals surface area contributed by atoms with E-state index >= 15 is 0 Å². The number of pyridine rings is 1. The first-order valence-corrected chi connectivity index (χ1v) is 9.92. The normalized spacial score (nSPS) is 10.2. The summed E-state index contributed by atoms with van der Waals surface area (Å²) in [7, 11) is 2.86. The summed E-state index contributed by atoms with van der Waals surface area (Å²) < 4.78 is 10.4. The molecule has 3 aromatic rings. The molecule has 154 valence electrons. The number of carbonyl (C=O) groups is 2. The summed E-state index contributed by atoms with van der Waals surface area (Å²) in [4.78, 5) is 30.0. The van der Waals surface area contributed by atoms with Gasteiger partial charge in [-0.1, -0.05) is 35.5 Å². The van der Waals surface area contributed by atoms with E-state index in [0.717, 1.165) is 9.92 Å². The van der Waals surface area contributed by atoms with E-state index in [1.54, 1.807) is 36.4 Å². The highest BCUT2D eigenvalue weighted by molar-refractivity contribution is 7.99. The molecule has 1 aromatic heterocycles. The van der Waals surface area contributed by atoms with Crippen molar-refractivity contribution in [1.29, 1.82) is 0 Å². The molecule has 2 aromatic carbocycles. The Morgan fingerprint density at radius 2 is 1.70 bits per heavy atom. The summed E-state index contributed by atoms with van der Waals surface area (Å²) in [6.45, 7) is 0. The van der Waals surface area contributed by atoms with Gasteiger partial charge in [-0.05, 0) is 42.5 Å². The van der Waals surface area contributed by atoms with Gasteiger partial charge < -0.3 is 14.8 Å². The van der Waals surface area contributed by atoms with Crippen molar-refractivity contribution in [2.45, 2.75) is 9.92 Å². The zero-order valence-corrected chi connectivity index (χ0v) is 17.7. The number of hydrogen-bond donors (Lipinski definition) is 2. The molecule has 0 fully saturated rings. The highest BCUT2D eigenvalue weighted by Crippen LogP contribution is 2.29. The number of nitrogens with zero attached hydrogens (tertiary/aromatic N) is 1. The van der Waals surface area contributed by atoms with Gasteiger partial charge in [-0.2, -0.15) is 0 Å². The Morgan fingerprint density at radius 3 is 2.30 bits per heavy atom. The lowest BCUT2D eigenvalue weighted by Gasteiger charge is -2.13. The molecule has 0 bridgehead atoms. The van der Waals surface area contributed by atoms with Crippen LogP contribution in [0.5, 0.6) is 11.5 Å². The number of ether oxygens (including phenoxy) is 2. The van der Waals surface area contributed by atoms with E-state index in [9.17, 15) is 9.59 Å². The van der Waals surface area contributed by atoms with Gasteiger partial charge in [0.2, 0.25) is 0 Å². The van der Waals surface area contributed by atoms with Crippen molar-refractivity contribution < 1.29 is 19.1 Å². The van der Waals surface area contributed by atoms with Gasteiger partial charge in [0.25, 0.3) is 5.91 Å². The highest BCUT2D eigenvalue weighted by atomic mass is 35.5. The number of aromatic nitrogens is 1. The minimum absolute atomic E-state index is 0.129. The summed E-state index contributed by atoms with van der Waals surface area (Å²) in [5.74, 6) is -0.0599. The molecule has 0 radical (unpaired) electrons. The van der Waals surface area contributed by atoms with Gasteiger partial charge in [0.15, 0.2) is 0 Å². The van der Waals surface area contributed by atoms with Gasteiger partial charge in [-0.15, -0.1) is 0 Å². The molecule has 3 amide bonds.